The van der Waals surface area contributed by atoms with Crippen molar-refractivity contribution in [3.05, 3.63) is 43.2 Å². The Hall–Kier alpha value is -2.02. The Labute approximate surface area is 126 Å². The minimum Gasteiger partial charge on any atom is -0.383 e. The monoisotopic (exact) mass is 308 g/mol. The standard InChI is InChI=1S/C14H20N4O2S/c1-3-4-7-18-12(15)11(13(19)17(2)14(18)20)16-9-10-6-5-8-21-10/h5-6,8,16H,3-4,7,9,15H2,1-2H3. The van der Waals surface area contributed by atoms with E-state index in [-0.39, 0.29) is 17.1 Å². The number of nitrogens with two attached hydrogens (primary N) is 1. The van der Waals surface area contributed by atoms with Crippen molar-refractivity contribution in [2.75, 3.05) is 11.1 Å². The molecular weight excluding hydrogens is 288 g/mol. The van der Waals surface area contributed by atoms with E-state index < -0.39 is 0 Å². The number of aromatic nitrogens is 2. The highest BCUT2D eigenvalue weighted by molar-refractivity contribution is 7.09. The van der Waals surface area contributed by atoms with Crippen LogP contribution in [0.4, 0.5) is 11.5 Å². The molecule has 0 bridgehead atoms. The van der Waals surface area contributed by atoms with Crippen molar-refractivity contribution in [3.8, 4) is 0 Å². The van der Waals surface area contributed by atoms with E-state index in [2.05, 4.69) is 5.32 Å². The first kappa shape index (κ1) is 15.4. The van der Waals surface area contributed by atoms with E-state index in [0.717, 1.165) is 22.3 Å². The molecule has 114 valence electrons. The van der Waals surface area contributed by atoms with Crippen molar-refractivity contribution in [2.45, 2.75) is 32.9 Å². The predicted octanol–water partition coefficient (Wildman–Crippen LogP) is 1.60. The highest BCUT2D eigenvalue weighted by Gasteiger charge is 2.14. The van der Waals surface area contributed by atoms with Gasteiger partial charge in [0.1, 0.15) is 11.5 Å². The van der Waals surface area contributed by atoms with Crippen LogP contribution in [0.25, 0.3) is 0 Å². The second kappa shape index (κ2) is 6.62. The largest absolute Gasteiger partial charge is 0.383 e. The Balaban J connectivity index is 2.37. The number of hydrogen-bond donors (Lipinski definition) is 2. The third-order valence-electron chi connectivity index (χ3n) is 3.34. The molecule has 3 N–H and O–H groups in total. The van der Waals surface area contributed by atoms with E-state index in [1.165, 1.54) is 11.6 Å². The van der Waals surface area contributed by atoms with Gasteiger partial charge in [-0.25, -0.2) is 4.79 Å². The first-order valence-electron chi connectivity index (χ1n) is 6.91. The van der Waals surface area contributed by atoms with E-state index in [0.29, 0.717) is 18.8 Å². The zero-order chi connectivity index (χ0) is 15.4. The number of nitrogen functional groups attached to an aromatic ring is 1. The van der Waals surface area contributed by atoms with Crippen LogP contribution in [0.5, 0.6) is 0 Å². The molecule has 21 heavy (non-hydrogen) atoms. The van der Waals surface area contributed by atoms with Gasteiger partial charge in [-0.1, -0.05) is 19.4 Å². The number of nitrogens with one attached hydrogen (secondary N) is 1. The lowest BCUT2D eigenvalue weighted by Crippen LogP contribution is -2.40. The van der Waals surface area contributed by atoms with Crippen molar-refractivity contribution in [1.82, 2.24) is 9.13 Å². The van der Waals surface area contributed by atoms with E-state index in [1.54, 1.807) is 11.3 Å². The van der Waals surface area contributed by atoms with Crippen LogP contribution in [0.2, 0.25) is 0 Å². The first-order chi connectivity index (χ1) is 10.1. The highest BCUT2D eigenvalue weighted by atomic mass is 32.1. The summed E-state index contributed by atoms with van der Waals surface area (Å²) in [7, 11) is 1.48. The molecule has 2 aromatic heterocycles. The van der Waals surface area contributed by atoms with Crippen LogP contribution < -0.4 is 22.3 Å². The Morgan fingerprint density at radius 3 is 2.76 bits per heavy atom. The molecule has 0 aliphatic carbocycles. The molecule has 0 amide bonds. The minimum atomic E-state index is -0.387. The van der Waals surface area contributed by atoms with Gasteiger partial charge in [-0.3, -0.25) is 13.9 Å². The fraction of sp³-hybridized carbons (Fsp3) is 0.429. The number of anilines is 2. The van der Waals surface area contributed by atoms with Gasteiger partial charge >= 0.3 is 5.69 Å². The second-order valence-corrected chi connectivity index (χ2v) is 5.88. The van der Waals surface area contributed by atoms with Gasteiger partial charge < -0.3 is 11.1 Å². The summed E-state index contributed by atoms with van der Waals surface area (Å²) < 4.78 is 2.56. The van der Waals surface area contributed by atoms with E-state index >= 15 is 0 Å². The topological polar surface area (TPSA) is 82.0 Å². The Kier molecular flexibility index (Phi) is 4.85. The van der Waals surface area contributed by atoms with Gasteiger partial charge in [-0.05, 0) is 17.9 Å². The Morgan fingerprint density at radius 2 is 2.14 bits per heavy atom. The van der Waals surface area contributed by atoms with Crippen LogP contribution in [-0.2, 0) is 20.1 Å². The summed E-state index contributed by atoms with van der Waals surface area (Å²) in [6, 6.07) is 3.93. The maximum Gasteiger partial charge on any atom is 0.332 e. The summed E-state index contributed by atoms with van der Waals surface area (Å²) >= 11 is 1.60. The number of nitrogens with zero attached hydrogens (tertiary/aromatic N) is 2. The smallest absolute Gasteiger partial charge is 0.332 e. The van der Waals surface area contributed by atoms with Gasteiger partial charge in [0, 0.05) is 25.0 Å². The fourth-order valence-corrected chi connectivity index (χ4v) is 2.71. The molecule has 2 rings (SSSR count). The van der Waals surface area contributed by atoms with Gasteiger partial charge in [0.2, 0.25) is 0 Å². The molecule has 0 saturated carbocycles. The molecule has 6 nitrogen and oxygen atoms in total. The third-order valence-corrected chi connectivity index (χ3v) is 4.21. The number of thiophene rings is 1. The van der Waals surface area contributed by atoms with Gasteiger partial charge in [-0.15, -0.1) is 11.3 Å². The predicted molar refractivity (Wildman–Crippen MR) is 86.9 cm³/mol. The zero-order valence-electron chi connectivity index (χ0n) is 12.3. The summed E-state index contributed by atoms with van der Waals surface area (Å²) in [6.45, 7) is 3.07. The summed E-state index contributed by atoms with van der Waals surface area (Å²) in [5, 5.41) is 5.03. The van der Waals surface area contributed by atoms with E-state index in [4.69, 9.17) is 5.73 Å². The van der Waals surface area contributed by atoms with Crippen molar-refractivity contribution >= 4 is 22.8 Å². The van der Waals surface area contributed by atoms with Crippen LogP contribution in [0.1, 0.15) is 24.6 Å². The summed E-state index contributed by atoms with van der Waals surface area (Å²) in [4.78, 5) is 25.4. The fourth-order valence-electron chi connectivity index (χ4n) is 2.07. The molecule has 0 atom stereocenters. The molecule has 0 aliphatic heterocycles. The molecule has 2 aromatic rings. The highest BCUT2D eigenvalue weighted by Crippen LogP contribution is 2.15. The number of rotatable bonds is 6. The van der Waals surface area contributed by atoms with Crippen LogP contribution >= 0.6 is 11.3 Å². The first-order valence-corrected chi connectivity index (χ1v) is 7.79. The summed E-state index contributed by atoms with van der Waals surface area (Å²) in [5.74, 6) is 0.216. The minimum absolute atomic E-state index is 0.216. The second-order valence-electron chi connectivity index (χ2n) is 4.85. The Morgan fingerprint density at radius 1 is 1.38 bits per heavy atom. The van der Waals surface area contributed by atoms with Gasteiger partial charge in [0.15, 0.2) is 0 Å². The third kappa shape index (κ3) is 3.18. The SMILES string of the molecule is CCCCn1c(N)c(NCc2cccs2)c(=O)n(C)c1=O. The summed E-state index contributed by atoms with van der Waals surface area (Å²) in [6.07, 6.45) is 1.79. The van der Waals surface area contributed by atoms with Crippen LogP contribution in [0, 0.1) is 0 Å². The molecule has 0 radical (unpaired) electrons. The quantitative estimate of drug-likeness (QED) is 0.849. The van der Waals surface area contributed by atoms with E-state index in [9.17, 15) is 9.59 Å². The summed E-state index contributed by atoms with van der Waals surface area (Å²) in [5.41, 5.74) is 5.56. The van der Waals surface area contributed by atoms with Crippen LogP contribution in [0.3, 0.4) is 0 Å². The van der Waals surface area contributed by atoms with Crippen molar-refractivity contribution in [2.24, 2.45) is 7.05 Å². The molecule has 2 heterocycles. The maximum absolute atomic E-state index is 12.2. The average molecular weight is 308 g/mol. The van der Waals surface area contributed by atoms with Crippen molar-refractivity contribution < 1.29 is 0 Å². The molecule has 0 aromatic carbocycles. The van der Waals surface area contributed by atoms with Crippen molar-refractivity contribution in [1.29, 1.82) is 0 Å². The van der Waals surface area contributed by atoms with Crippen LogP contribution in [-0.4, -0.2) is 9.13 Å². The number of hydrogen-bond acceptors (Lipinski definition) is 5. The maximum atomic E-state index is 12.2. The van der Waals surface area contributed by atoms with Gasteiger partial charge in [0.25, 0.3) is 5.56 Å². The van der Waals surface area contributed by atoms with E-state index in [1.807, 2.05) is 24.4 Å². The lowest BCUT2D eigenvalue weighted by atomic mass is 10.3. The molecule has 0 unspecified atom stereocenters. The zero-order valence-corrected chi connectivity index (χ0v) is 13.1. The average Bonchev–Trinajstić information content (AvgIpc) is 2.98. The molecule has 0 fully saturated rings. The lowest BCUT2D eigenvalue weighted by Gasteiger charge is -2.15. The Bertz CT molecular complexity index is 716. The normalized spacial score (nSPS) is 10.8. The van der Waals surface area contributed by atoms with Gasteiger partial charge in [0.05, 0.1) is 0 Å². The van der Waals surface area contributed by atoms with Gasteiger partial charge in [-0.2, -0.15) is 0 Å². The molecule has 0 aliphatic rings. The molecule has 0 saturated heterocycles. The number of unbranched alkanes of at least 4 members (excludes halogenated alkanes) is 1. The lowest BCUT2D eigenvalue weighted by molar-refractivity contribution is 0.575. The van der Waals surface area contributed by atoms with Crippen molar-refractivity contribution in [3.63, 3.8) is 0 Å². The molecule has 0 spiro atoms. The molecular formula is C14H20N4O2S. The molecule has 7 heteroatoms. The van der Waals surface area contributed by atoms with Crippen LogP contribution in [0.15, 0.2) is 27.1 Å².